The second kappa shape index (κ2) is 10.0. The Morgan fingerprint density at radius 2 is 1.72 bits per heavy atom. The van der Waals surface area contributed by atoms with Crippen molar-refractivity contribution in [3.05, 3.63) is 17.1 Å². The zero-order valence-electron chi connectivity index (χ0n) is 16.4. The quantitative estimate of drug-likeness (QED) is 0.552. The van der Waals surface area contributed by atoms with Gasteiger partial charge in [0.15, 0.2) is 5.82 Å². The first-order valence-electron chi connectivity index (χ1n) is 9.79. The number of unbranched alkanes of at least 4 members (excludes halogenated alkanes) is 3. The number of anilines is 1. The number of fused-ring (bicyclic) bond motifs is 1. The molecule has 0 saturated carbocycles. The molecule has 5 heteroatoms. The predicted molar refractivity (Wildman–Crippen MR) is 111 cm³/mol. The maximum Gasteiger partial charge on any atom is 0.151 e. The molecule has 25 heavy (non-hydrogen) atoms. The molecule has 0 aliphatic carbocycles. The minimum Gasteiger partial charge on any atom is -0.382 e. The van der Waals surface area contributed by atoms with Gasteiger partial charge in [-0.05, 0) is 56.6 Å². The number of nitrogens with two attached hydrogens (primary N) is 1. The molecule has 0 fully saturated rings. The molecule has 0 aliphatic heterocycles. The Morgan fingerprint density at radius 1 is 0.960 bits per heavy atom. The molecule has 0 spiro atoms. The Balaban J connectivity index is 2.04. The maximum absolute atomic E-state index is 6.15. The van der Waals surface area contributed by atoms with Gasteiger partial charge in [0.2, 0.25) is 0 Å². The van der Waals surface area contributed by atoms with E-state index < -0.39 is 0 Å². The minimum atomic E-state index is 0.571. The largest absolute Gasteiger partial charge is 0.382 e. The monoisotopic (exact) mass is 362 g/mol. The van der Waals surface area contributed by atoms with Crippen LogP contribution in [0.5, 0.6) is 0 Å². The number of nitrogen functional groups attached to an aromatic ring is 1. The van der Waals surface area contributed by atoms with E-state index in [0.29, 0.717) is 5.82 Å². The van der Waals surface area contributed by atoms with E-state index in [1.54, 1.807) is 0 Å². The highest BCUT2D eigenvalue weighted by Crippen LogP contribution is 2.27. The fraction of sp³-hybridized carbons (Fsp3) is 0.700. The smallest absolute Gasteiger partial charge is 0.151 e. The molecule has 2 heterocycles. The fourth-order valence-corrected chi connectivity index (χ4v) is 4.31. The van der Waals surface area contributed by atoms with Crippen molar-refractivity contribution >= 4 is 28.6 Å². The lowest BCUT2D eigenvalue weighted by molar-refractivity contribution is 0.589. The van der Waals surface area contributed by atoms with Crippen molar-refractivity contribution in [1.82, 2.24) is 14.5 Å². The highest BCUT2D eigenvalue weighted by molar-refractivity contribution is 7.99. The molecular formula is C20H34N4S. The number of hydrogen-bond donors (Lipinski definition) is 1. The molecule has 0 saturated heterocycles. The lowest BCUT2D eigenvalue weighted by atomic mass is 10.2. The van der Waals surface area contributed by atoms with Crippen LogP contribution in [0.3, 0.4) is 0 Å². The van der Waals surface area contributed by atoms with Crippen molar-refractivity contribution in [2.75, 3.05) is 17.2 Å². The SMILES string of the molecule is CCCCSCCCCCn1c(CCC)nc2c(N)nc(C)c(C)c21. The molecule has 0 aliphatic rings. The Morgan fingerprint density at radius 3 is 2.44 bits per heavy atom. The highest BCUT2D eigenvalue weighted by atomic mass is 32.2. The van der Waals surface area contributed by atoms with Crippen LogP contribution in [0.4, 0.5) is 5.82 Å². The fourth-order valence-electron chi connectivity index (χ4n) is 3.20. The third kappa shape index (κ3) is 5.13. The molecule has 2 aromatic heterocycles. The predicted octanol–water partition coefficient (Wildman–Crippen LogP) is 5.29. The molecule has 2 N–H and O–H groups in total. The minimum absolute atomic E-state index is 0.571. The average molecular weight is 363 g/mol. The van der Waals surface area contributed by atoms with Crippen molar-refractivity contribution in [2.24, 2.45) is 0 Å². The summed E-state index contributed by atoms with van der Waals surface area (Å²) < 4.78 is 2.41. The van der Waals surface area contributed by atoms with Crippen LogP contribution < -0.4 is 5.73 Å². The molecule has 0 atom stereocenters. The molecule has 2 aromatic rings. The molecule has 0 bridgehead atoms. The van der Waals surface area contributed by atoms with Crippen LogP contribution in [0.25, 0.3) is 11.0 Å². The lowest BCUT2D eigenvalue weighted by Gasteiger charge is -2.11. The van der Waals surface area contributed by atoms with Gasteiger partial charge in [0.05, 0.1) is 5.52 Å². The summed E-state index contributed by atoms with van der Waals surface area (Å²) in [6, 6.07) is 0. The van der Waals surface area contributed by atoms with Crippen molar-refractivity contribution in [3.63, 3.8) is 0 Å². The summed E-state index contributed by atoms with van der Waals surface area (Å²) in [6.07, 6.45) is 8.55. The number of aromatic nitrogens is 3. The van der Waals surface area contributed by atoms with Crippen LogP contribution in [0.15, 0.2) is 0 Å². The van der Waals surface area contributed by atoms with Crippen molar-refractivity contribution in [3.8, 4) is 0 Å². The molecule has 2 rings (SSSR count). The van der Waals surface area contributed by atoms with Gasteiger partial charge in [-0.2, -0.15) is 11.8 Å². The summed E-state index contributed by atoms with van der Waals surface area (Å²) in [5, 5.41) is 0. The zero-order valence-corrected chi connectivity index (χ0v) is 17.2. The van der Waals surface area contributed by atoms with Gasteiger partial charge in [-0.15, -0.1) is 0 Å². The van der Waals surface area contributed by atoms with Gasteiger partial charge < -0.3 is 10.3 Å². The van der Waals surface area contributed by atoms with Crippen molar-refractivity contribution in [2.45, 2.75) is 79.2 Å². The molecule has 4 nitrogen and oxygen atoms in total. The van der Waals surface area contributed by atoms with Crippen molar-refractivity contribution < 1.29 is 0 Å². The van der Waals surface area contributed by atoms with E-state index in [-0.39, 0.29) is 0 Å². The molecule has 0 aromatic carbocycles. The van der Waals surface area contributed by atoms with E-state index in [2.05, 4.69) is 42.1 Å². The van der Waals surface area contributed by atoms with E-state index >= 15 is 0 Å². The number of pyridine rings is 1. The van der Waals surface area contributed by atoms with Crippen LogP contribution in [0.2, 0.25) is 0 Å². The van der Waals surface area contributed by atoms with Crippen LogP contribution in [-0.4, -0.2) is 26.0 Å². The van der Waals surface area contributed by atoms with Gasteiger partial charge in [-0.1, -0.05) is 26.7 Å². The third-order valence-corrected chi connectivity index (χ3v) is 5.92. The van der Waals surface area contributed by atoms with Gasteiger partial charge in [0.25, 0.3) is 0 Å². The Kier molecular flexibility index (Phi) is 8.07. The summed E-state index contributed by atoms with van der Waals surface area (Å²) in [7, 11) is 0. The average Bonchev–Trinajstić information content (AvgIpc) is 2.95. The first-order chi connectivity index (χ1) is 12.1. The van der Waals surface area contributed by atoms with Crippen LogP contribution >= 0.6 is 11.8 Å². The molecular weight excluding hydrogens is 328 g/mol. The van der Waals surface area contributed by atoms with E-state index in [0.717, 1.165) is 36.4 Å². The Labute approximate surface area is 157 Å². The second-order valence-electron chi connectivity index (χ2n) is 6.86. The third-order valence-electron chi connectivity index (χ3n) is 4.76. The molecule has 0 radical (unpaired) electrons. The first kappa shape index (κ1) is 20.1. The van der Waals surface area contributed by atoms with Crippen LogP contribution in [-0.2, 0) is 13.0 Å². The maximum atomic E-state index is 6.15. The van der Waals surface area contributed by atoms with E-state index in [4.69, 9.17) is 10.7 Å². The standard InChI is InChI=1S/C20H34N4S/c1-5-7-13-25-14-10-8-9-12-24-17(11-6-2)23-18-19(24)15(3)16(4)22-20(18)21/h5-14H2,1-4H3,(H2,21,22). The summed E-state index contributed by atoms with van der Waals surface area (Å²) in [5.41, 5.74) is 10.5. The van der Waals surface area contributed by atoms with E-state index in [1.807, 2.05) is 6.92 Å². The zero-order chi connectivity index (χ0) is 18.2. The number of hydrogen-bond acceptors (Lipinski definition) is 4. The summed E-state index contributed by atoms with van der Waals surface area (Å²) >= 11 is 2.10. The van der Waals surface area contributed by atoms with Crippen LogP contribution in [0.1, 0.15) is 69.5 Å². The van der Waals surface area contributed by atoms with Gasteiger partial charge in [-0.3, -0.25) is 0 Å². The first-order valence-corrected chi connectivity index (χ1v) is 10.9. The van der Waals surface area contributed by atoms with Crippen molar-refractivity contribution in [1.29, 1.82) is 0 Å². The molecule has 0 unspecified atom stereocenters. The van der Waals surface area contributed by atoms with Gasteiger partial charge in [0.1, 0.15) is 11.3 Å². The summed E-state index contributed by atoms with van der Waals surface area (Å²) in [5.74, 6) is 4.34. The summed E-state index contributed by atoms with van der Waals surface area (Å²) in [4.78, 5) is 9.28. The number of imidazole rings is 1. The number of nitrogens with zero attached hydrogens (tertiary/aromatic N) is 3. The Bertz CT molecular complexity index is 678. The topological polar surface area (TPSA) is 56.7 Å². The van der Waals surface area contributed by atoms with Gasteiger partial charge >= 0.3 is 0 Å². The number of aryl methyl sites for hydroxylation is 4. The van der Waals surface area contributed by atoms with Gasteiger partial charge in [-0.25, -0.2) is 9.97 Å². The van der Waals surface area contributed by atoms with E-state index in [1.165, 1.54) is 54.7 Å². The van der Waals surface area contributed by atoms with Gasteiger partial charge in [0, 0.05) is 18.7 Å². The highest BCUT2D eigenvalue weighted by Gasteiger charge is 2.16. The van der Waals surface area contributed by atoms with Crippen LogP contribution in [0, 0.1) is 13.8 Å². The molecule has 140 valence electrons. The normalized spacial score (nSPS) is 11.5. The Hall–Kier alpha value is -1.23. The number of thioether (sulfide) groups is 1. The summed E-state index contributed by atoms with van der Waals surface area (Å²) in [6.45, 7) is 9.68. The number of rotatable bonds is 11. The lowest BCUT2D eigenvalue weighted by Crippen LogP contribution is -2.06. The second-order valence-corrected chi connectivity index (χ2v) is 8.09. The van der Waals surface area contributed by atoms with E-state index in [9.17, 15) is 0 Å². The molecule has 0 amide bonds.